The molecule has 140 valence electrons. The average molecular weight is 344 g/mol. The van der Waals surface area contributed by atoms with Crippen LogP contribution < -0.4 is 0 Å². The van der Waals surface area contributed by atoms with Crippen molar-refractivity contribution in [3.63, 3.8) is 0 Å². The Kier molecular flexibility index (Phi) is 10.2. The maximum atomic E-state index is 10.3. The second kappa shape index (κ2) is 11.6. The fourth-order valence-corrected chi connectivity index (χ4v) is 2.77. The van der Waals surface area contributed by atoms with Gasteiger partial charge in [0.25, 0.3) is 0 Å². The van der Waals surface area contributed by atoms with E-state index in [2.05, 4.69) is 0 Å². The molecule has 0 amide bonds. The number of carboxylic acids is 1. The van der Waals surface area contributed by atoms with E-state index in [1.54, 1.807) is 13.0 Å². The third kappa shape index (κ3) is 8.78. The van der Waals surface area contributed by atoms with E-state index >= 15 is 0 Å². The molecule has 0 bridgehead atoms. The normalized spacial score (nSPS) is 29.0. The molecule has 0 saturated carbocycles. The molecule has 0 aromatic heterocycles. The number of aliphatic hydroxyl groups is 2. The van der Waals surface area contributed by atoms with Crippen molar-refractivity contribution in [1.29, 1.82) is 0 Å². The second-order valence-electron chi connectivity index (χ2n) is 6.61. The van der Waals surface area contributed by atoms with Crippen molar-refractivity contribution >= 4 is 5.97 Å². The Morgan fingerprint density at radius 3 is 2.58 bits per heavy atom. The molecule has 1 heterocycles. The molecule has 1 saturated heterocycles. The van der Waals surface area contributed by atoms with Gasteiger partial charge in [-0.05, 0) is 33.1 Å². The van der Waals surface area contributed by atoms with Crippen molar-refractivity contribution in [2.75, 3.05) is 0 Å². The number of allylic oxidation sites excluding steroid dienone is 1. The fraction of sp³-hybridized carbons (Fsp3) is 0.833. The summed E-state index contributed by atoms with van der Waals surface area (Å²) in [6, 6.07) is 0. The predicted molar refractivity (Wildman–Crippen MR) is 90.6 cm³/mol. The van der Waals surface area contributed by atoms with Crippen molar-refractivity contribution < 1.29 is 29.6 Å². The van der Waals surface area contributed by atoms with Crippen LogP contribution >= 0.6 is 0 Å². The van der Waals surface area contributed by atoms with Gasteiger partial charge in [-0.2, -0.15) is 0 Å². The first-order valence-electron chi connectivity index (χ1n) is 8.96. The van der Waals surface area contributed by atoms with Crippen LogP contribution in [0.3, 0.4) is 0 Å². The topological polar surface area (TPSA) is 96.2 Å². The predicted octanol–water partition coefficient (Wildman–Crippen LogP) is 2.62. The van der Waals surface area contributed by atoms with Crippen LogP contribution in [0.25, 0.3) is 0 Å². The molecule has 0 aliphatic carbocycles. The number of hydrogen-bond donors (Lipinski definition) is 3. The maximum Gasteiger partial charge on any atom is 0.327 e. The summed E-state index contributed by atoms with van der Waals surface area (Å²) in [6.07, 6.45) is 7.91. The molecule has 6 nitrogen and oxygen atoms in total. The SMILES string of the molecule is C[C@H](CCCCCCC/C=C/C(=O)O)O[C@@H]1O[C@@H](C)[C@H](O)C[C@H]1O. The van der Waals surface area contributed by atoms with E-state index in [4.69, 9.17) is 14.6 Å². The summed E-state index contributed by atoms with van der Waals surface area (Å²) >= 11 is 0. The number of carbonyl (C=O) groups is 1. The molecule has 6 heteroatoms. The number of carboxylic acid groups (broad SMARTS) is 1. The van der Waals surface area contributed by atoms with Gasteiger partial charge in [0.2, 0.25) is 0 Å². The molecule has 0 unspecified atom stereocenters. The standard InChI is InChI=1S/C18H32O6/c1-13(23-18-16(20)12-15(19)14(2)24-18)10-8-6-4-3-5-7-9-11-17(21)22/h9,11,13-16,18-20H,3-8,10,12H2,1-2H3,(H,21,22)/b11-9+/t13-,14+,15-,16-,18-/m1/s1. The largest absolute Gasteiger partial charge is 0.478 e. The molecule has 0 spiro atoms. The molecule has 0 aromatic carbocycles. The van der Waals surface area contributed by atoms with Crippen LogP contribution in [0, 0.1) is 0 Å². The number of aliphatic hydroxyl groups excluding tert-OH is 2. The minimum Gasteiger partial charge on any atom is -0.478 e. The molecule has 5 atom stereocenters. The Balaban J connectivity index is 2.04. The van der Waals surface area contributed by atoms with E-state index in [-0.39, 0.29) is 18.6 Å². The highest BCUT2D eigenvalue weighted by molar-refractivity contribution is 5.79. The highest BCUT2D eigenvalue weighted by atomic mass is 16.7. The number of hydrogen-bond acceptors (Lipinski definition) is 5. The van der Waals surface area contributed by atoms with Gasteiger partial charge in [-0.3, -0.25) is 0 Å². The quantitative estimate of drug-likeness (QED) is 0.394. The molecule has 1 fully saturated rings. The first kappa shape index (κ1) is 21.1. The summed E-state index contributed by atoms with van der Waals surface area (Å²) in [5.74, 6) is -0.889. The van der Waals surface area contributed by atoms with E-state index < -0.39 is 24.5 Å². The fourth-order valence-electron chi connectivity index (χ4n) is 2.77. The Bertz CT molecular complexity index is 384. The van der Waals surface area contributed by atoms with Gasteiger partial charge in [0.05, 0.1) is 18.3 Å². The monoisotopic (exact) mass is 344 g/mol. The van der Waals surface area contributed by atoms with Gasteiger partial charge in [-0.15, -0.1) is 0 Å². The smallest absolute Gasteiger partial charge is 0.327 e. The lowest BCUT2D eigenvalue weighted by Gasteiger charge is -2.36. The third-order valence-corrected chi connectivity index (χ3v) is 4.30. The maximum absolute atomic E-state index is 10.3. The van der Waals surface area contributed by atoms with Crippen LogP contribution in [0.5, 0.6) is 0 Å². The first-order chi connectivity index (χ1) is 11.4. The minimum absolute atomic E-state index is 0.00518. The van der Waals surface area contributed by atoms with Crippen LogP contribution in [0.2, 0.25) is 0 Å². The van der Waals surface area contributed by atoms with Crippen LogP contribution in [0.15, 0.2) is 12.2 Å². The van der Waals surface area contributed by atoms with Crippen molar-refractivity contribution in [1.82, 2.24) is 0 Å². The number of aliphatic carboxylic acids is 1. The van der Waals surface area contributed by atoms with Gasteiger partial charge in [0.15, 0.2) is 6.29 Å². The Labute approximate surface area is 144 Å². The van der Waals surface area contributed by atoms with Gasteiger partial charge >= 0.3 is 5.97 Å². The molecule has 0 radical (unpaired) electrons. The van der Waals surface area contributed by atoms with Crippen LogP contribution in [0.1, 0.15) is 65.2 Å². The zero-order valence-corrected chi connectivity index (χ0v) is 14.8. The van der Waals surface area contributed by atoms with E-state index in [9.17, 15) is 15.0 Å². The summed E-state index contributed by atoms with van der Waals surface area (Å²) in [5.41, 5.74) is 0. The van der Waals surface area contributed by atoms with Crippen LogP contribution in [-0.4, -0.2) is 52.0 Å². The van der Waals surface area contributed by atoms with E-state index in [0.717, 1.165) is 44.9 Å². The lowest BCUT2D eigenvalue weighted by atomic mass is 10.0. The summed E-state index contributed by atoms with van der Waals surface area (Å²) in [7, 11) is 0. The molecule has 1 aliphatic rings. The molecular weight excluding hydrogens is 312 g/mol. The van der Waals surface area contributed by atoms with Crippen LogP contribution in [-0.2, 0) is 14.3 Å². The number of ether oxygens (including phenoxy) is 2. The Hall–Kier alpha value is -0.950. The van der Waals surface area contributed by atoms with E-state index in [0.29, 0.717) is 0 Å². The van der Waals surface area contributed by atoms with Gasteiger partial charge in [0, 0.05) is 12.5 Å². The van der Waals surface area contributed by atoms with Crippen molar-refractivity contribution in [3.05, 3.63) is 12.2 Å². The van der Waals surface area contributed by atoms with Crippen molar-refractivity contribution in [2.24, 2.45) is 0 Å². The Morgan fingerprint density at radius 1 is 1.21 bits per heavy atom. The van der Waals surface area contributed by atoms with Crippen LogP contribution in [0.4, 0.5) is 0 Å². The van der Waals surface area contributed by atoms with Crippen molar-refractivity contribution in [3.8, 4) is 0 Å². The molecule has 24 heavy (non-hydrogen) atoms. The summed E-state index contributed by atoms with van der Waals surface area (Å²) in [5, 5.41) is 28.0. The minimum atomic E-state index is -0.889. The first-order valence-corrected chi connectivity index (χ1v) is 8.96. The zero-order chi connectivity index (χ0) is 17.9. The lowest BCUT2D eigenvalue weighted by molar-refractivity contribution is -0.273. The third-order valence-electron chi connectivity index (χ3n) is 4.30. The summed E-state index contributed by atoms with van der Waals surface area (Å²) < 4.78 is 11.3. The number of rotatable bonds is 11. The van der Waals surface area contributed by atoms with Gasteiger partial charge in [-0.25, -0.2) is 4.79 Å². The molecular formula is C18H32O6. The highest BCUT2D eigenvalue weighted by Crippen LogP contribution is 2.23. The lowest BCUT2D eigenvalue weighted by Crippen LogP contribution is -2.48. The molecule has 1 rings (SSSR count). The second-order valence-corrected chi connectivity index (χ2v) is 6.61. The van der Waals surface area contributed by atoms with Gasteiger partial charge < -0.3 is 24.8 Å². The summed E-state index contributed by atoms with van der Waals surface area (Å²) in [4.78, 5) is 10.3. The molecule has 1 aliphatic heterocycles. The van der Waals surface area contributed by atoms with Gasteiger partial charge in [-0.1, -0.05) is 31.8 Å². The molecule has 0 aromatic rings. The zero-order valence-electron chi connectivity index (χ0n) is 14.8. The molecule has 3 N–H and O–H groups in total. The Morgan fingerprint density at radius 2 is 1.88 bits per heavy atom. The summed E-state index contributed by atoms with van der Waals surface area (Å²) in [6.45, 7) is 3.76. The van der Waals surface area contributed by atoms with E-state index in [1.807, 2.05) is 6.92 Å². The highest BCUT2D eigenvalue weighted by Gasteiger charge is 2.35. The van der Waals surface area contributed by atoms with Gasteiger partial charge in [0.1, 0.15) is 6.10 Å². The number of unbranched alkanes of at least 4 members (excludes halogenated alkanes) is 5. The van der Waals surface area contributed by atoms with E-state index in [1.165, 1.54) is 6.08 Å². The average Bonchev–Trinajstić information content (AvgIpc) is 2.50. The van der Waals surface area contributed by atoms with Crippen molar-refractivity contribution in [2.45, 2.75) is 95.9 Å².